The molecule has 3 heterocycles. The molecule has 1 N–H and O–H groups in total. The summed E-state index contributed by atoms with van der Waals surface area (Å²) >= 11 is 5.93. The molecule has 0 aliphatic carbocycles. The van der Waals surface area contributed by atoms with E-state index in [1.165, 1.54) is 10.8 Å². The third-order valence-electron chi connectivity index (χ3n) is 5.30. The van der Waals surface area contributed by atoms with Crippen molar-refractivity contribution in [2.45, 2.75) is 25.8 Å². The Balaban J connectivity index is 1.48. The van der Waals surface area contributed by atoms with Crippen LogP contribution in [0.2, 0.25) is 5.02 Å². The van der Waals surface area contributed by atoms with Crippen molar-refractivity contribution in [3.8, 4) is 0 Å². The number of aromatic nitrogens is 3. The van der Waals surface area contributed by atoms with E-state index in [-0.39, 0.29) is 24.3 Å². The van der Waals surface area contributed by atoms with Crippen LogP contribution in [-0.4, -0.2) is 51.4 Å². The van der Waals surface area contributed by atoms with Gasteiger partial charge < -0.3 is 14.6 Å². The molecule has 1 aromatic carbocycles. The van der Waals surface area contributed by atoms with Crippen molar-refractivity contribution in [3.05, 3.63) is 57.1 Å². The zero-order valence-electron chi connectivity index (χ0n) is 16.5. The number of carbonyl (C=O) groups excluding carboxylic acids is 2. The molecule has 0 unspecified atom stereocenters. The van der Waals surface area contributed by atoms with Crippen molar-refractivity contribution < 1.29 is 14.0 Å². The molecule has 1 saturated heterocycles. The smallest absolute Gasteiger partial charge is 0.408 e. The van der Waals surface area contributed by atoms with E-state index in [0.29, 0.717) is 52.7 Å². The van der Waals surface area contributed by atoms with Gasteiger partial charge in [0.15, 0.2) is 5.58 Å². The van der Waals surface area contributed by atoms with Gasteiger partial charge in [-0.1, -0.05) is 11.6 Å². The number of aryl methyl sites for hydroxylation is 1. The van der Waals surface area contributed by atoms with Gasteiger partial charge in [0.05, 0.1) is 16.8 Å². The van der Waals surface area contributed by atoms with Gasteiger partial charge in [0.2, 0.25) is 5.91 Å². The van der Waals surface area contributed by atoms with Gasteiger partial charge in [-0.2, -0.15) is 0 Å². The van der Waals surface area contributed by atoms with Crippen LogP contribution in [0.4, 0.5) is 0 Å². The predicted octanol–water partition coefficient (Wildman–Crippen LogP) is 1.72. The normalized spacial score (nSPS) is 16.2. The monoisotopic (exact) mass is 429 g/mol. The average Bonchev–Trinajstić information content (AvgIpc) is 3.32. The van der Waals surface area contributed by atoms with Crippen LogP contribution in [0.3, 0.4) is 0 Å². The summed E-state index contributed by atoms with van der Waals surface area (Å²) in [6.45, 7) is 2.64. The third kappa shape index (κ3) is 3.68. The summed E-state index contributed by atoms with van der Waals surface area (Å²) in [6, 6.07) is 4.86. The van der Waals surface area contributed by atoms with Crippen LogP contribution in [0.15, 0.2) is 33.6 Å². The molecular formula is C20H20ClN5O4. The summed E-state index contributed by atoms with van der Waals surface area (Å²) in [6.07, 6.45) is 2.23. The highest BCUT2D eigenvalue weighted by molar-refractivity contribution is 6.31. The highest BCUT2D eigenvalue weighted by Crippen LogP contribution is 2.26. The van der Waals surface area contributed by atoms with E-state index in [1.807, 2.05) is 0 Å². The fourth-order valence-corrected chi connectivity index (χ4v) is 3.82. The van der Waals surface area contributed by atoms with Crippen LogP contribution in [0.25, 0.3) is 11.1 Å². The fraction of sp³-hybridized carbons (Fsp3) is 0.350. The number of amides is 2. The van der Waals surface area contributed by atoms with E-state index >= 15 is 0 Å². The topological polar surface area (TPSA) is 110 Å². The number of nitrogens with one attached hydrogen (secondary N) is 1. The molecule has 1 fully saturated rings. The number of halogens is 1. The lowest BCUT2D eigenvalue weighted by molar-refractivity contribution is -0.130. The minimum atomic E-state index is -0.597. The molecule has 0 saturated carbocycles. The van der Waals surface area contributed by atoms with E-state index in [4.69, 9.17) is 16.0 Å². The first-order chi connectivity index (χ1) is 14.4. The van der Waals surface area contributed by atoms with Crippen molar-refractivity contribution in [1.82, 2.24) is 24.8 Å². The second-order valence-electron chi connectivity index (χ2n) is 7.20. The predicted molar refractivity (Wildman–Crippen MR) is 110 cm³/mol. The summed E-state index contributed by atoms with van der Waals surface area (Å²) in [5.74, 6) is -0.434. The SMILES string of the molecule is CNC(=O)c1cnc([C@H]2CCN(C(=O)Cn3c(=O)oc4cc(Cl)ccc43)C2)nc1C. The number of likely N-dealkylation sites (tertiary alicyclic amines) is 1. The minimum Gasteiger partial charge on any atom is -0.408 e. The molecule has 0 spiro atoms. The first-order valence-corrected chi connectivity index (χ1v) is 9.87. The van der Waals surface area contributed by atoms with Gasteiger partial charge in [-0.05, 0) is 25.5 Å². The van der Waals surface area contributed by atoms with E-state index in [1.54, 1.807) is 37.1 Å². The van der Waals surface area contributed by atoms with Gasteiger partial charge in [-0.3, -0.25) is 14.2 Å². The summed E-state index contributed by atoms with van der Waals surface area (Å²) in [5.41, 5.74) is 1.90. The Morgan fingerprint density at radius 3 is 2.90 bits per heavy atom. The minimum absolute atomic E-state index is 0.0250. The summed E-state index contributed by atoms with van der Waals surface area (Å²) in [4.78, 5) is 47.3. The quantitative estimate of drug-likeness (QED) is 0.676. The number of hydrogen-bond donors (Lipinski definition) is 1. The van der Waals surface area contributed by atoms with Crippen LogP contribution in [0.5, 0.6) is 0 Å². The molecule has 1 aliphatic rings. The summed E-state index contributed by atoms with van der Waals surface area (Å²) in [5, 5.41) is 3.01. The Kier molecular flexibility index (Phi) is 5.29. The molecule has 1 atom stereocenters. The number of hydrogen-bond acceptors (Lipinski definition) is 6. The maximum atomic E-state index is 12.8. The van der Waals surface area contributed by atoms with Crippen LogP contribution in [-0.2, 0) is 11.3 Å². The Morgan fingerprint density at radius 1 is 1.37 bits per heavy atom. The molecule has 9 nitrogen and oxygen atoms in total. The highest BCUT2D eigenvalue weighted by atomic mass is 35.5. The molecule has 2 amide bonds. The fourth-order valence-electron chi connectivity index (χ4n) is 3.66. The van der Waals surface area contributed by atoms with Crippen molar-refractivity contribution in [2.24, 2.45) is 0 Å². The molecular weight excluding hydrogens is 410 g/mol. The number of nitrogens with zero attached hydrogens (tertiary/aromatic N) is 4. The van der Waals surface area contributed by atoms with Crippen LogP contribution in [0, 0.1) is 6.92 Å². The van der Waals surface area contributed by atoms with Crippen LogP contribution >= 0.6 is 11.6 Å². The maximum absolute atomic E-state index is 12.8. The molecule has 0 bridgehead atoms. The number of rotatable bonds is 4. The molecule has 2 aromatic heterocycles. The van der Waals surface area contributed by atoms with Gasteiger partial charge in [0.1, 0.15) is 12.4 Å². The Labute approximate surface area is 176 Å². The van der Waals surface area contributed by atoms with Gasteiger partial charge in [0.25, 0.3) is 5.91 Å². The summed E-state index contributed by atoms with van der Waals surface area (Å²) < 4.78 is 6.49. The van der Waals surface area contributed by atoms with Crippen LogP contribution in [0.1, 0.15) is 34.2 Å². The zero-order valence-corrected chi connectivity index (χ0v) is 17.3. The van der Waals surface area contributed by atoms with Gasteiger partial charge >= 0.3 is 5.76 Å². The molecule has 1 aliphatic heterocycles. The third-order valence-corrected chi connectivity index (χ3v) is 5.53. The number of oxazole rings is 1. The first-order valence-electron chi connectivity index (χ1n) is 9.49. The zero-order chi connectivity index (χ0) is 21.4. The number of carbonyl (C=O) groups is 2. The number of fused-ring (bicyclic) bond motifs is 1. The molecule has 3 aromatic rings. The first kappa shape index (κ1) is 20.1. The van der Waals surface area contributed by atoms with Gasteiger partial charge in [0, 0.05) is 43.3 Å². The molecule has 4 rings (SSSR count). The lowest BCUT2D eigenvalue weighted by Gasteiger charge is -2.16. The van der Waals surface area contributed by atoms with Gasteiger partial charge in [-0.15, -0.1) is 0 Å². The van der Waals surface area contributed by atoms with Crippen molar-refractivity contribution >= 4 is 34.5 Å². The van der Waals surface area contributed by atoms with Crippen LogP contribution < -0.4 is 11.1 Å². The molecule has 10 heteroatoms. The molecule has 156 valence electrons. The Morgan fingerprint density at radius 2 is 2.17 bits per heavy atom. The Hall–Kier alpha value is -3.20. The maximum Gasteiger partial charge on any atom is 0.420 e. The number of benzene rings is 1. The largest absolute Gasteiger partial charge is 0.420 e. The average molecular weight is 430 g/mol. The van der Waals surface area contributed by atoms with E-state index in [0.717, 1.165) is 0 Å². The lowest BCUT2D eigenvalue weighted by Crippen LogP contribution is -2.34. The van der Waals surface area contributed by atoms with Crippen molar-refractivity contribution in [1.29, 1.82) is 0 Å². The second-order valence-corrected chi connectivity index (χ2v) is 7.63. The lowest BCUT2D eigenvalue weighted by atomic mass is 10.1. The molecule has 0 radical (unpaired) electrons. The summed E-state index contributed by atoms with van der Waals surface area (Å²) in [7, 11) is 1.55. The van der Waals surface area contributed by atoms with Crippen molar-refractivity contribution in [3.63, 3.8) is 0 Å². The molecule has 30 heavy (non-hydrogen) atoms. The van der Waals surface area contributed by atoms with Gasteiger partial charge in [-0.25, -0.2) is 14.8 Å². The van der Waals surface area contributed by atoms with E-state index in [2.05, 4.69) is 15.3 Å². The van der Waals surface area contributed by atoms with Crippen molar-refractivity contribution in [2.75, 3.05) is 20.1 Å². The highest BCUT2D eigenvalue weighted by Gasteiger charge is 2.30. The second kappa shape index (κ2) is 7.91. The van der Waals surface area contributed by atoms with E-state index in [9.17, 15) is 14.4 Å². The van der Waals surface area contributed by atoms with E-state index < -0.39 is 5.76 Å². The standard InChI is InChI=1S/C20H20ClN5O4/c1-11-14(19(28)22-2)8-23-18(24-11)12-5-6-25(9-12)17(27)10-26-15-4-3-13(21)7-16(15)30-20(26)29/h3-4,7-8,12H,5-6,9-10H2,1-2H3,(H,22,28)/t12-/m0/s1. The Bertz CT molecular complexity index is 1200.